The van der Waals surface area contributed by atoms with E-state index < -0.39 is 0 Å². The van der Waals surface area contributed by atoms with Gasteiger partial charge < -0.3 is 0 Å². The average Bonchev–Trinajstić information content (AvgIpc) is 2.31. The monoisotopic (exact) mass is 195 g/mol. The highest BCUT2D eigenvalue weighted by Crippen LogP contribution is 2.23. The third kappa shape index (κ3) is 2.13. The van der Waals surface area contributed by atoms with Crippen LogP contribution in [0.3, 0.4) is 0 Å². The molecule has 0 aliphatic heterocycles. The molecule has 0 bridgehead atoms. The minimum Gasteiger partial charge on any atom is -0.264 e. The smallest absolute Gasteiger partial charge is 0.0346 e. The van der Waals surface area contributed by atoms with E-state index in [0.717, 1.165) is 5.56 Å². The van der Waals surface area contributed by atoms with Crippen molar-refractivity contribution in [2.24, 2.45) is 0 Å². The van der Waals surface area contributed by atoms with Crippen molar-refractivity contribution >= 4 is 6.08 Å². The lowest BCUT2D eigenvalue weighted by Gasteiger charge is -2.04. The molecule has 74 valence electrons. The summed E-state index contributed by atoms with van der Waals surface area (Å²) in [5, 5.41) is 0. The predicted molar refractivity (Wildman–Crippen MR) is 64.4 cm³/mol. The van der Waals surface area contributed by atoms with Crippen LogP contribution in [0.5, 0.6) is 0 Å². The van der Waals surface area contributed by atoms with E-state index in [4.69, 9.17) is 0 Å². The Hall–Kier alpha value is -1.89. The Morgan fingerprint density at radius 2 is 1.93 bits per heavy atom. The summed E-state index contributed by atoms with van der Waals surface area (Å²) in [5.74, 6) is 0. The number of rotatable bonds is 2. The van der Waals surface area contributed by atoms with Crippen molar-refractivity contribution in [3.8, 4) is 11.1 Å². The lowest BCUT2D eigenvalue weighted by Crippen LogP contribution is -1.83. The summed E-state index contributed by atoms with van der Waals surface area (Å²) in [6.07, 6.45) is 7.85. The summed E-state index contributed by atoms with van der Waals surface area (Å²) in [6, 6.07) is 12.4. The van der Waals surface area contributed by atoms with Gasteiger partial charge >= 0.3 is 0 Å². The Bertz CT molecular complexity index is 458. The highest BCUT2D eigenvalue weighted by Gasteiger charge is 2.00. The van der Waals surface area contributed by atoms with Crippen LogP contribution in [0.15, 0.2) is 54.9 Å². The van der Waals surface area contributed by atoms with E-state index in [-0.39, 0.29) is 0 Å². The molecule has 0 fully saturated rings. The van der Waals surface area contributed by atoms with Gasteiger partial charge in [-0.15, -0.1) is 0 Å². The van der Waals surface area contributed by atoms with E-state index in [0.29, 0.717) is 0 Å². The van der Waals surface area contributed by atoms with Crippen LogP contribution in [0.4, 0.5) is 0 Å². The molecule has 2 aromatic rings. The molecule has 0 amide bonds. The van der Waals surface area contributed by atoms with Gasteiger partial charge in [0, 0.05) is 18.0 Å². The zero-order valence-corrected chi connectivity index (χ0v) is 8.72. The average molecular weight is 195 g/mol. The fourth-order valence-electron chi connectivity index (χ4n) is 1.61. The molecular formula is C14H13N. The number of pyridine rings is 1. The number of aromatic nitrogens is 1. The maximum absolute atomic E-state index is 4.14. The highest BCUT2D eigenvalue weighted by atomic mass is 14.6. The van der Waals surface area contributed by atoms with Crippen molar-refractivity contribution in [1.29, 1.82) is 0 Å². The van der Waals surface area contributed by atoms with Gasteiger partial charge in [-0.2, -0.15) is 0 Å². The fraction of sp³-hybridized carbons (Fsp3) is 0.0714. The van der Waals surface area contributed by atoms with Crippen molar-refractivity contribution in [1.82, 2.24) is 4.98 Å². The van der Waals surface area contributed by atoms with Crippen LogP contribution in [0.25, 0.3) is 17.2 Å². The van der Waals surface area contributed by atoms with Gasteiger partial charge in [-0.25, -0.2) is 0 Å². The quantitative estimate of drug-likeness (QED) is 0.710. The van der Waals surface area contributed by atoms with Crippen molar-refractivity contribution in [2.75, 3.05) is 0 Å². The van der Waals surface area contributed by atoms with Gasteiger partial charge in [0.15, 0.2) is 0 Å². The Morgan fingerprint density at radius 1 is 1.07 bits per heavy atom. The second-order valence-corrected chi connectivity index (χ2v) is 3.33. The molecule has 0 aliphatic rings. The maximum atomic E-state index is 4.14. The lowest BCUT2D eigenvalue weighted by molar-refractivity contribution is 1.33. The molecule has 15 heavy (non-hydrogen) atoms. The maximum Gasteiger partial charge on any atom is 0.0346 e. The molecular weight excluding hydrogens is 182 g/mol. The van der Waals surface area contributed by atoms with E-state index in [1.807, 2.05) is 19.2 Å². The number of nitrogens with zero attached hydrogens (tertiary/aromatic N) is 1. The summed E-state index contributed by atoms with van der Waals surface area (Å²) in [6.45, 7) is 2.03. The van der Waals surface area contributed by atoms with E-state index in [1.54, 1.807) is 6.20 Å². The summed E-state index contributed by atoms with van der Waals surface area (Å²) in [7, 11) is 0. The van der Waals surface area contributed by atoms with E-state index in [2.05, 4.69) is 47.5 Å². The Morgan fingerprint density at radius 3 is 2.67 bits per heavy atom. The third-order valence-electron chi connectivity index (χ3n) is 2.28. The third-order valence-corrected chi connectivity index (χ3v) is 2.28. The van der Waals surface area contributed by atoms with Gasteiger partial charge in [-0.3, -0.25) is 4.98 Å². The summed E-state index contributed by atoms with van der Waals surface area (Å²) < 4.78 is 0. The molecule has 1 aromatic carbocycles. The normalized spacial score (nSPS) is 10.7. The number of allylic oxidation sites excluding steroid dienone is 1. The first-order valence-corrected chi connectivity index (χ1v) is 5.04. The molecule has 0 spiro atoms. The molecule has 0 saturated heterocycles. The molecule has 0 atom stereocenters. The predicted octanol–water partition coefficient (Wildman–Crippen LogP) is 3.78. The molecule has 0 saturated carbocycles. The highest BCUT2D eigenvalue weighted by molar-refractivity contribution is 5.74. The van der Waals surface area contributed by atoms with Crippen LogP contribution >= 0.6 is 0 Å². The zero-order valence-electron chi connectivity index (χ0n) is 8.72. The Labute approximate surface area is 90.1 Å². The fourth-order valence-corrected chi connectivity index (χ4v) is 1.61. The minimum atomic E-state index is 1.16. The van der Waals surface area contributed by atoms with Gasteiger partial charge in [0.1, 0.15) is 0 Å². The zero-order chi connectivity index (χ0) is 10.5. The minimum absolute atomic E-state index is 1.16. The largest absolute Gasteiger partial charge is 0.264 e. The molecule has 1 nitrogen and oxygen atoms in total. The summed E-state index contributed by atoms with van der Waals surface area (Å²) >= 11 is 0. The molecule has 0 unspecified atom stereocenters. The first-order valence-electron chi connectivity index (χ1n) is 5.04. The summed E-state index contributed by atoms with van der Waals surface area (Å²) in [5.41, 5.74) is 3.61. The molecule has 1 aromatic heterocycles. The number of benzene rings is 1. The standard InChI is InChI=1S/C14H13N/c1-2-6-12-7-3-4-9-14(12)13-8-5-10-15-11-13/h2-11H,1H3/b6-2+. The van der Waals surface area contributed by atoms with Crippen molar-refractivity contribution < 1.29 is 0 Å². The van der Waals surface area contributed by atoms with Crippen molar-refractivity contribution in [3.63, 3.8) is 0 Å². The van der Waals surface area contributed by atoms with Gasteiger partial charge in [0.25, 0.3) is 0 Å². The number of hydrogen-bond acceptors (Lipinski definition) is 1. The molecule has 1 heteroatoms. The Balaban J connectivity index is 2.53. The van der Waals surface area contributed by atoms with Gasteiger partial charge in [-0.05, 0) is 24.1 Å². The van der Waals surface area contributed by atoms with Crippen LogP contribution in [-0.4, -0.2) is 4.98 Å². The van der Waals surface area contributed by atoms with Crippen LogP contribution in [0.1, 0.15) is 12.5 Å². The second kappa shape index (κ2) is 4.56. The molecule has 0 radical (unpaired) electrons. The number of hydrogen-bond donors (Lipinski definition) is 0. The van der Waals surface area contributed by atoms with Crippen molar-refractivity contribution in [2.45, 2.75) is 6.92 Å². The van der Waals surface area contributed by atoms with Crippen molar-refractivity contribution in [3.05, 3.63) is 60.4 Å². The Kier molecular flexibility index (Phi) is 2.93. The van der Waals surface area contributed by atoms with Gasteiger partial charge in [-0.1, -0.05) is 42.5 Å². The molecule has 2 rings (SSSR count). The first-order chi connectivity index (χ1) is 7.42. The topological polar surface area (TPSA) is 12.9 Å². The second-order valence-electron chi connectivity index (χ2n) is 3.33. The summed E-state index contributed by atoms with van der Waals surface area (Å²) in [4.78, 5) is 4.14. The first kappa shape index (κ1) is 9.66. The molecule has 1 heterocycles. The van der Waals surface area contributed by atoms with E-state index >= 15 is 0 Å². The van der Waals surface area contributed by atoms with Crippen LogP contribution in [0, 0.1) is 0 Å². The lowest BCUT2D eigenvalue weighted by atomic mass is 10.0. The van der Waals surface area contributed by atoms with Crippen LogP contribution in [-0.2, 0) is 0 Å². The van der Waals surface area contributed by atoms with Crippen LogP contribution in [0.2, 0.25) is 0 Å². The SMILES string of the molecule is C/C=C/c1ccccc1-c1cccnc1. The van der Waals surface area contributed by atoms with E-state index in [1.165, 1.54) is 11.1 Å². The molecule has 0 N–H and O–H groups in total. The van der Waals surface area contributed by atoms with Gasteiger partial charge in [0.05, 0.1) is 0 Å². The van der Waals surface area contributed by atoms with Gasteiger partial charge in [0.2, 0.25) is 0 Å². The van der Waals surface area contributed by atoms with E-state index in [9.17, 15) is 0 Å². The van der Waals surface area contributed by atoms with Crippen LogP contribution < -0.4 is 0 Å². The molecule has 0 aliphatic carbocycles.